The van der Waals surface area contributed by atoms with Crippen LogP contribution in [0.25, 0.3) is 0 Å². The molecule has 0 saturated heterocycles. The monoisotopic (exact) mass is 242 g/mol. The third-order valence-electron chi connectivity index (χ3n) is 1.85. The van der Waals surface area contributed by atoms with Gasteiger partial charge in [0.25, 0.3) is 0 Å². The Hall–Kier alpha value is -0.470. The van der Waals surface area contributed by atoms with Crippen molar-refractivity contribution in [1.29, 1.82) is 0 Å². The molecule has 0 unspecified atom stereocenters. The lowest BCUT2D eigenvalue weighted by Gasteiger charge is -2.15. The fraction of sp³-hybridized carbons (Fsp3) is 0.500. The molecule has 0 N–H and O–H groups in total. The van der Waals surface area contributed by atoms with Crippen LogP contribution in [0.3, 0.4) is 0 Å². The maximum atomic E-state index is 5.57. The lowest BCUT2D eigenvalue weighted by atomic mass is 10.2. The molecule has 0 aliphatic rings. The molecule has 0 heterocycles. The van der Waals surface area contributed by atoms with Crippen LogP contribution in [-0.2, 0) is 20.4 Å². The van der Waals surface area contributed by atoms with Crippen LogP contribution < -0.4 is 0 Å². The van der Waals surface area contributed by atoms with E-state index in [1.165, 1.54) is 5.56 Å². The van der Waals surface area contributed by atoms with Gasteiger partial charge in [-0.1, -0.05) is 30.3 Å². The van der Waals surface area contributed by atoms with Crippen LogP contribution in [0.4, 0.5) is 0 Å². The summed E-state index contributed by atoms with van der Waals surface area (Å²) in [4.78, 5) is 0. The van der Waals surface area contributed by atoms with E-state index >= 15 is 0 Å². The van der Waals surface area contributed by atoms with Gasteiger partial charge >= 0.3 is 0 Å². The van der Waals surface area contributed by atoms with Crippen molar-refractivity contribution >= 4 is 8.38 Å². The Balaban J connectivity index is 2.22. The highest BCUT2D eigenvalue weighted by atomic mass is 31.2. The van der Waals surface area contributed by atoms with Crippen molar-refractivity contribution in [2.45, 2.75) is 20.5 Å². The number of ether oxygens (including phenoxy) is 1. The van der Waals surface area contributed by atoms with E-state index in [2.05, 4.69) is 0 Å². The first-order chi connectivity index (χ1) is 7.86. The summed E-state index contributed by atoms with van der Waals surface area (Å²) in [5.41, 5.74) is 1.17. The fourth-order valence-electron chi connectivity index (χ4n) is 1.21. The summed E-state index contributed by atoms with van der Waals surface area (Å²) in [7, 11) is -0.879. The maximum Gasteiger partial charge on any atom is 0.198 e. The van der Waals surface area contributed by atoms with E-state index in [9.17, 15) is 0 Å². The zero-order chi connectivity index (χ0) is 11.6. The van der Waals surface area contributed by atoms with Gasteiger partial charge in [0.15, 0.2) is 8.38 Å². The van der Waals surface area contributed by atoms with Crippen molar-refractivity contribution in [3.63, 3.8) is 0 Å². The van der Waals surface area contributed by atoms with Crippen molar-refractivity contribution in [3.8, 4) is 0 Å². The number of benzene rings is 1. The predicted molar refractivity (Wildman–Crippen MR) is 66.3 cm³/mol. The molecule has 0 spiro atoms. The molecule has 1 aromatic rings. The lowest BCUT2D eigenvalue weighted by Crippen LogP contribution is -1.99. The Morgan fingerprint density at radius 1 is 1.00 bits per heavy atom. The zero-order valence-corrected chi connectivity index (χ0v) is 10.8. The Morgan fingerprint density at radius 2 is 1.62 bits per heavy atom. The van der Waals surface area contributed by atoms with Crippen LogP contribution in [-0.4, -0.2) is 19.6 Å². The minimum atomic E-state index is -0.879. The van der Waals surface area contributed by atoms with Crippen LogP contribution in [0.1, 0.15) is 19.4 Å². The molecular weight excluding hydrogens is 223 g/mol. The zero-order valence-electron chi connectivity index (χ0n) is 9.89. The van der Waals surface area contributed by atoms with E-state index in [4.69, 9.17) is 13.8 Å². The first kappa shape index (κ1) is 13.6. The van der Waals surface area contributed by atoms with E-state index in [0.29, 0.717) is 26.2 Å². The summed E-state index contributed by atoms with van der Waals surface area (Å²) < 4.78 is 16.4. The highest BCUT2D eigenvalue weighted by Gasteiger charge is 2.08. The maximum absolute atomic E-state index is 5.57. The largest absolute Gasteiger partial charge is 0.367 e. The van der Waals surface area contributed by atoms with Crippen molar-refractivity contribution in [2.75, 3.05) is 19.6 Å². The minimum Gasteiger partial charge on any atom is -0.367 e. The van der Waals surface area contributed by atoms with Crippen molar-refractivity contribution in [3.05, 3.63) is 35.9 Å². The fourth-order valence-corrected chi connectivity index (χ4v) is 2.25. The summed E-state index contributed by atoms with van der Waals surface area (Å²) in [6, 6.07) is 10.1. The van der Waals surface area contributed by atoms with E-state index in [1.807, 2.05) is 44.2 Å². The molecule has 1 rings (SSSR count). The number of rotatable bonds is 8. The molecule has 0 aromatic heterocycles. The van der Waals surface area contributed by atoms with E-state index in [0.717, 1.165) is 0 Å². The quantitative estimate of drug-likeness (QED) is 0.652. The molecule has 3 nitrogen and oxygen atoms in total. The van der Waals surface area contributed by atoms with Crippen LogP contribution in [0.5, 0.6) is 0 Å². The molecule has 0 amide bonds. The molecule has 90 valence electrons. The standard InChI is InChI=1S/C12H19O3P/c1-3-14-16(15-4-2)11-13-10-12-8-6-5-7-9-12/h5-9H,3-4,10-11H2,1-2H3. The molecule has 0 bridgehead atoms. The van der Waals surface area contributed by atoms with Gasteiger partial charge in [0, 0.05) is 0 Å². The summed E-state index contributed by atoms with van der Waals surface area (Å²) in [5.74, 6) is 0. The van der Waals surface area contributed by atoms with Gasteiger partial charge in [-0.2, -0.15) is 0 Å². The van der Waals surface area contributed by atoms with Crippen molar-refractivity contribution in [1.82, 2.24) is 0 Å². The van der Waals surface area contributed by atoms with Crippen molar-refractivity contribution in [2.24, 2.45) is 0 Å². The van der Waals surface area contributed by atoms with E-state index in [1.54, 1.807) is 0 Å². The SMILES string of the molecule is CCOP(COCc1ccccc1)OCC. The van der Waals surface area contributed by atoms with Gasteiger partial charge < -0.3 is 13.8 Å². The van der Waals surface area contributed by atoms with Gasteiger partial charge in [0.05, 0.1) is 19.8 Å². The topological polar surface area (TPSA) is 27.7 Å². The van der Waals surface area contributed by atoms with E-state index in [-0.39, 0.29) is 0 Å². The second-order valence-electron chi connectivity index (χ2n) is 3.13. The first-order valence-corrected chi connectivity index (χ1v) is 6.88. The Kier molecular flexibility index (Phi) is 7.35. The highest BCUT2D eigenvalue weighted by Crippen LogP contribution is 2.37. The Morgan fingerprint density at radius 3 is 2.19 bits per heavy atom. The average molecular weight is 242 g/mol. The smallest absolute Gasteiger partial charge is 0.198 e. The average Bonchev–Trinajstić information content (AvgIpc) is 2.31. The molecule has 0 aliphatic carbocycles. The number of hydrogen-bond donors (Lipinski definition) is 0. The third-order valence-corrected chi connectivity index (χ3v) is 3.34. The Labute approximate surface area is 98.6 Å². The van der Waals surface area contributed by atoms with Gasteiger partial charge in [-0.3, -0.25) is 0 Å². The Bertz CT molecular complexity index is 260. The van der Waals surface area contributed by atoms with Gasteiger partial charge in [-0.05, 0) is 19.4 Å². The summed E-state index contributed by atoms with van der Waals surface area (Å²) in [6.45, 7) is 5.87. The molecule has 0 atom stereocenters. The first-order valence-electron chi connectivity index (χ1n) is 5.51. The molecule has 0 aliphatic heterocycles. The minimum absolute atomic E-state index is 0.534. The molecule has 1 aromatic carbocycles. The third kappa shape index (κ3) is 5.57. The normalized spacial score (nSPS) is 10.9. The molecule has 0 fully saturated rings. The van der Waals surface area contributed by atoms with Gasteiger partial charge in [0.2, 0.25) is 0 Å². The number of hydrogen-bond acceptors (Lipinski definition) is 3. The highest BCUT2D eigenvalue weighted by molar-refractivity contribution is 7.47. The van der Waals surface area contributed by atoms with Crippen LogP contribution in [0, 0.1) is 0 Å². The van der Waals surface area contributed by atoms with Gasteiger partial charge in [-0.15, -0.1) is 0 Å². The van der Waals surface area contributed by atoms with Gasteiger partial charge in [-0.25, -0.2) is 0 Å². The molecule has 0 radical (unpaired) electrons. The van der Waals surface area contributed by atoms with E-state index < -0.39 is 8.38 Å². The van der Waals surface area contributed by atoms with Gasteiger partial charge in [0.1, 0.15) is 6.35 Å². The van der Waals surface area contributed by atoms with Crippen molar-refractivity contribution < 1.29 is 13.8 Å². The summed E-state index contributed by atoms with van der Waals surface area (Å²) >= 11 is 0. The van der Waals surface area contributed by atoms with Crippen LogP contribution in [0.15, 0.2) is 30.3 Å². The molecule has 4 heteroatoms. The van der Waals surface area contributed by atoms with Crippen LogP contribution in [0.2, 0.25) is 0 Å². The second-order valence-corrected chi connectivity index (χ2v) is 4.57. The summed E-state index contributed by atoms with van der Waals surface area (Å²) in [5, 5.41) is 0. The molecule has 0 saturated carbocycles. The predicted octanol–water partition coefficient (Wildman–Crippen LogP) is 3.55. The van der Waals surface area contributed by atoms with Crippen LogP contribution >= 0.6 is 8.38 Å². The second kappa shape index (κ2) is 8.66. The summed E-state index contributed by atoms with van der Waals surface area (Å²) in [6.07, 6.45) is 0.534. The molecule has 16 heavy (non-hydrogen) atoms. The lowest BCUT2D eigenvalue weighted by molar-refractivity contribution is 0.141. The molecular formula is C12H19O3P.